The molecule has 1 aromatic heterocycles. The molecule has 0 aliphatic rings. The van der Waals surface area contributed by atoms with Crippen LogP contribution in [0.4, 0.5) is 0 Å². The molecular weight excluding hydrogens is 352 g/mol. The number of nitrogens with one attached hydrogen (secondary N) is 1. The molecule has 0 aliphatic carbocycles. The number of ether oxygens (including phenoxy) is 1. The molecule has 0 saturated carbocycles. The molecule has 2 aromatic rings. The van der Waals surface area contributed by atoms with Crippen molar-refractivity contribution in [2.75, 3.05) is 6.61 Å². The van der Waals surface area contributed by atoms with Crippen LogP contribution >= 0.6 is 15.9 Å². The lowest BCUT2D eigenvalue weighted by Gasteiger charge is -2.08. The van der Waals surface area contributed by atoms with Gasteiger partial charge in [0.15, 0.2) is 0 Å². The van der Waals surface area contributed by atoms with Crippen LogP contribution in [0.3, 0.4) is 0 Å². The molecule has 0 amide bonds. The Morgan fingerprint density at radius 3 is 2.68 bits per heavy atom. The summed E-state index contributed by atoms with van der Waals surface area (Å²) >= 11 is 3.36. The third kappa shape index (κ3) is 3.73. The first-order valence-electron chi connectivity index (χ1n) is 6.67. The van der Waals surface area contributed by atoms with Gasteiger partial charge in [0.2, 0.25) is 0 Å². The molecule has 0 spiro atoms. The second-order valence-electron chi connectivity index (χ2n) is 4.62. The topological polar surface area (TPSA) is 92.3 Å². The van der Waals surface area contributed by atoms with Crippen molar-refractivity contribution in [2.45, 2.75) is 18.7 Å². The number of aromatic amines is 1. The first-order chi connectivity index (χ1) is 10.5. The zero-order valence-electron chi connectivity index (χ0n) is 11.9. The number of hydrogen-bond acceptors (Lipinski definition) is 4. The number of H-pyrrole nitrogens is 1. The molecule has 0 atom stereocenters. The first-order valence-corrected chi connectivity index (χ1v) is 7.79. The van der Waals surface area contributed by atoms with E-state index in [0.717, 1.165) is 11.1 Å². The SMILES string of the molecule is CCOC(=O)c1cc(CBr)cc(Cc2n[nH]cc2C(=O)O)c1. The maximum Gasteiger partial charge on any atom is 0.339 e. The second kappa shape index (κ2) is 7.22. The average molecular weight is 367 g/mol. The average Bonchev–Trinajstić information content (AvgIpc) is 2.95. The minimum absolute atomic E-state index is 0.127. The van der Waals surface area contributed by atoms with Crippen molar-refractivity contribution in [2.24, 2.45) is 0 Å². The molecule has 116 valence electrons. The van der Waals surface area contributed by atoms with E-state index in [1.165, 1.54) is 6.20 Å². The second-order valence-corrected chi connectivity index (χ2v) is 5.18. The van der Waals surface area contributed by atoms with E-state index in [4.69, 9.17) is 9.84 Å². The molecule has 0 aliphatic heterocycles. The van der Waals surface area contributed by atoms with Gasteiger partial charge >= 0.3 is 11.9 Å². The van der Waals surface area contributed by atoms with E-state index >= 15 is 0 Å². The van der Waals surface area contributed by atoms with Gasteiger partial charge in [-0.3, -0.25) is 5.10 Å². The van der Waals surface area contributed by atoms with E-state index in [1.54, 1.807) is 19.1 Å². The van der Waals surface area contributed by atoms with Crippen molar-refractivity contribution in [1.29, 1.82) is 0 Å². The molecule has 0 fully saturated rings. The third-order valence-electron chi connectivity index (χ3n) is 3.04. The minimum Gasteiger partial charge on any atom is -0.478 e. The molecule has 1 heterocycles. The molecule has 22 heavy (non-hydrogen) atoms. The van der Waals surface area contributed by atoms with Crippen LogP contribution in [0.1, 0.15) is 44.5 Å². The fraction of sp³-hybridized carbons (Fsp3) is 0.267. The summed E-state index contributed by atoms with van der Waals surface area (Å²) in [5.41, 5.74) is 2.71. The van der Waals surface area contributed by atoms with Gasteiger partial charge in [0, 0.05) is 17.9 Å². The van der Waals surface area contributed by atoms with Crippen LogP contribution in [-0.2, 0) is 16.5 Å². The Balaban J connectivity index is 2.34. The number of aromatic nitrogens is 2. The number of esters is 1. The number of hydrogen-bond donors (Lipinski definition) is 2. The number of carbonyl (C=O) groups excluding carboxylic acids is 1. The van der Waals surface area contributed by atoms with E-state index < -0.39 is 11.9 Å². The number of carboxylic acids is 1. The summed E-state index contributed by atoms with van der Waals surface area (Å²) in [5, 5.41) is 16.2. The fourth-order valence-electron chi connectivity index (χ4n) is 2.11. The van der Waals surface area contributed by atoms with E-state index in [2.05, 4.69) is 26.1 Å². The summed E-state index contributed by atoms with van der Waals surface area (Å²) in [5.74, 6) is -1.43. The van der Waals surface area contributed by atoms with E-state index in [-0.39, 0.29) is 5.56 Å². The highest BCUT2D eigenvalue weighted by molar-refractivity contribution is 9.08. The normalized spacial score (nSPS) is 10.5. The van der Waals surface area contributed by atoms with Crippen LogP contribution in [0, 0.1) is 0 Å². The summed E-state index contributed by atoms with van der Waals surface area (Å²) in [6, 6.07) is 5.35. The molecule has 1 aromatic carbocycles. The van der Waals surface area contributed by atoms with Gasteiger partial charge in [-0.05, 0) is 30.2 Å². The number of nitrogens with zero attached hydrogens (tertiary/aromatic N) is 1. The van der Waals surface area contributed by atoms with Gasteiger partial charge in [-0.1, -0.05) is 22.0 Å². The zero-order valence-corrected chi connectivity index (χ0v) is 13.5. The smallest absolute Gasteiger partial charge is 0.339 e. The van der Waals surface area contributed by atoms with Gasteiger partial charge in [-0.25, -0.2) is 9.59 Å². The van der Waals surface area contributed by atoms with Crippen molar-refractivity contribution in [3.8, 4) is 0 Å². The number of benzene rings is 1. The van der Waals surface area contributed by atoms with E-state index in [1.807, 2.05) is 6.07 Å². The Morgan fingerprint density at radius 2 is 2.05 bits per heavy atom. The fourth-order valence-corrected chi connectivity index (χ4v) is 2.43. The molecule has 2 rings (SSSR count). The number of halogens is 1. The van der Waals surface area contributed by atoms with Crippen molar-refractivity contribution in [3.05, 3.63) is 52.3 Å². The minimum atomic E-state index is -1.04. The zero-order chi connectivity index (χ0) is 16.1. The highest BCUT2D eigenvalue weighted by atomic mass is 79.9. The highest BCUT2D eigenvalue weighted by Gasteiger charge is 2.15. The number of aromatic carboxylic acids is 1. The summed E-state index contributed by atoms with van der Waals surface area (Å²) in [6.07, 6.45) is 1.66. The highest BCUT2D eigenvalue weighted by Crippen LogP contribution is 2.18. The lowest BCUT2D eigenvalue weighted by atomic mass is 10.0. The molecule has 7 heteroatoms. The number of carbonyl (C=O) groups is 2. The maximum atomic E-state index is 11.9. The van der Waals surface area contributed by atoms with Gasteiger partial charge < -0.3 is 9.84 Å². The van der Waals surface area contributed by atoms with Crippen molar-refractivity contribution < 1.29 is 19.4 Å². The Morgan fingerprint density at radius 1 is 1.32 bits per heavy atom. The summed E-state index contributed by atoms with van der Waals surface area (Å²) < 4.78 is 5.01. The van der Waals surface area contributed by atoms with Crippen LogP contribution in [-0.4, -0.2) is 33.8 Å². The quantitative estimate of drug-likeness (QED) is 0.605. The van der Waals surface area contributed by atoms with Crippen LogP contribution in [0.15, 0.2) is 24.4 Å². The Hall–Kier alpha value is -2.15. The van der Waals surface area contributed by atoms with Gasteiger partial charge in [-0.2, -0.15) is 5.10 Å². The van der Waals surface area contributed by atoms with Crippen LogP contribution < -0.4 is 0 Å². The number of rotatable bonds is 6. The predicted molar refractivity (Wildman–Crippen MR) is 83.4 cm³/mol. The van der Waals surface area contributed by atoms with E-state index in [9.17, 15) is 9.59 Å². The van der Waals surface area contributed by atoms with Crippen LogP contribution in [0.25, 0.3) is 0 Å². The largest absolute Gasteiger partial charge is 0.478 e. The first kappa shape index (κ1) is 16.2. The van der Waals surface area contributed by atoms with Gasteiger partial charge in [0.05, 0.1) is 17.9 Å². The van der Waals surface area contributed by atoms with E-state index in [0.29, 0.717) is 29.6 Å². The van der Waals surface area contributed by atoms with Gasteiger partial charge in [0.25, 0.3) is 0 Å². The Labute approximate surface area is 135 Å². The third-order valence-corrected chi connectivity index (χ3v) is 3.69. The Bertz CT molecular complexity index is 697. The molecule has 0 saturated heterocycles. The van der Waals surface area contributed by atoms with Gasteiger partial charge in [0.1, 0.15) is 5.56 Å². The van der Waals surface area contributed by atoms with Crippen molar-refractivity contribution in [1.82, 2.24) is 10.2 Å². The van der Waals surface area contributed by atoms with Crippen LogP contribution in [0.5, 0.6) is 0 Å². The monoisotopic (exact) mass is 366 g/mol. The number of alkyl halides is 1. The lowest BCUT2D eigenvalue weighted by molar-refractivity contribution is 0.0525. The summed E-state index contributed by atoms with van der Waals surface area (Å²) in [6.45, 7) is 2.05. The standard InChI is InChI=1S/C15H15BrN2O4/c1-2-22-15(21)11-4-9(3-10(5-11)7-16)6-13-12(14(19)20)8-17-18-13/h3-5,8H,2,6-7H2,1H3,(H,17,18)(H,19,20). The van der Waals surface area contributed by atoms with Gasteiger partial charge in [-0.15, -0.1) is 0 Å². The molecular formula is C15H15BrN2O4. The molecule has 2 N–H and O–H groups in total. The summed E-state index contributed by atoms with van der Waals surface area (Å²) in [4.78, 5) is 23.0. The predicted octanol–water partition coefficient (Wildman–Crippen LogP) is 2.77. The molecule has 0 unspecified atom stereocenters. The Kier molecular flexibility index (Phi) is 5.32. The van der Waals surface area contributed by atoms with Crippen molar-refractivity contribution >= 4 is 27.9 Å². The number of carboxylic acid groups (broad SMARTS) is 1. The van der Waals surface area contributed by atoms with Crippen LogP contribution in [0.2, 0.25) is 0 Å². The maximum absolute atomic E-state index is 11.9. The lowest BCUT2D eigenvalue weighted by Crippen LogP contribution is -2.07. The van der Waals surface area contributed by atoms with Crippen molar-refractivity contribution in [3.63, 3.8) is 0 Å². The summed E-state index contributed by atoms with van der Waals surface area (Å²) in [7, 11) is 0. The molecule has 0 radical (unpaired) electrons. The molecule has 0 bridgehead atoms. The molecule has 6 nitrogen and oxygen atoms in total.